The molecular formula is C13H25NO2S. The summed E-state index contributed by atoms with van der Waals surface area (Å²) >= 11 is 4.03. The number of esters is 1. The van der Waals surface area contributed by atoms with E-state index in [1.165, 1.54) is 6.42 Å². The highest BCUT2D eigenvalue weighted by Gasteiger charge is 2.34. The molecule has 0 radical (unpaired) electrons. The lowest BCUT2D eigenvalue weighted by molar-refractivity contribution is -0.156. The summed E-state index contributed by atoms with van der Waals surface area (Å²) in [5.41, 5.74) is 5.64. The van der Waals surface area contributed by atoms with Gasteiger partial charge in [0.25, 0.3) is 0 Å². The molecule has 4 unspecified atom stereocenters. The minimum atomic E-state index is -0.594. The Balaban J connectivity index is 2.60. The van der Waals surface area contributed by atoms with Crippen molar-refractivity contribution in [2.24, 2.45) is 23.5 Å². The summed E-state index contributed by atoms with van der Waals surface area (Å²) in [5, 5.41) is 0. The van der Waals surface area contributed by atoms with E-state index >= 15 is 0 Å². The number of thiol groups is 1. The molecule has 17 heavy (non-hydrogen) atoms. The predicted molar refractivity (Wildman–Crippen MR) is 73.1 cm³/mol. The first-order valence-corrected chi connectivity index (χ1v) is 7.15. The highest BCUT2D eigenvalue weighted by atomic mass is 32.1. The number of hydrogen-bond donors (Lipinski definition) is 2. The van der Waals surface area contributed by atoms with Gasteiger partial charge in [0.1, 0.15) is 12.1 Å². The Labute approximate surface area is 110 Å². The first-order chi connectivity index (χ1) is 7.95. The molecule has 1 aliphatic rings. The van der Waals surface area contributed by atoms with Gasteiger partial charge in [0.15, 0.2) is 0 Å². The summed E-state index contributed by atoms with van der Waals surface area (Å²) in [6.07, 6.45) is 3.38. The maximum Gasteiger partial charge on any atom is 0.324 e. The van der Waals surface area contributed by atoms with Crippen LogP contribution < -0.4 is 5.73 Å². The smallest absolute Gasteiger partial charge is 0.324 e. The Morgan fingerprint density at radius 1 is 1.47 bits per heavy atom. The Morgan fingerprint density at radius 3 is 2.65 bits per heavy atom. The van der Waals surface area contributed by atoms with Gasteiger partial charge in [-0.2, -0.15) is 12.6 Å². The minimum absolute atomic E-state index is 0.0391. The van der Waals surface area contributed by atoms with Gasteiger partial charge in [-0.3, -0.25) is 4.79 Å². The van der Waals surface area contributed by atoms with E-state index in [0.717, 1.165) is 12.8 Å². The van der Waals surface area contributed by atoms with Crippen LogP contribution in [0.3, 0.4) is 0 Å². The van der Waals surface area contributed by atoms with Crippen molar-refractivity contribution in [3.05, 3.63) is 0 Å². The van der Waals surface area contributed by atoms with Crippen molar-refractivity contribution in [1.29, 1.82) is 0 Å². The molecule has 0 bridgehead atoms. The molecule has 0 saturated heterocycles. The zero-order valence-electron chi connectivity index (χ0n) is 11.1. The lowest BCUT2D eigenvalue weighted by Gasteiger charge is -2.37. The maximum atomic E-state index is 11.7. The maximum absolute atomic E-state index is 11.7. The van der Waals surface area contributed by atoms with Crippen molar-refractivity contribution < 1.29 is 9.53 Å². The van der Waals surface area contributed by atoms with E-state index < -0.39 is 6.04 Å². The minimum Gasteiger partial charge on any atom is -0.461 e. The predicted octanol–water partition coefficient (Wildman–Crippen LogP) is 2.25. The van der Waals surface area contributed by atoms with E-state index in [9.17, 15) is 4.79 Å². The second-order valence-corrected chi connectivity index (χ2v) is 5.96. The van der Waals surface area contributed by atoms with Crippen LogP contribution in [-0.4, -0.2) is 23.9 Å². The van der Waals surface area contributed by atoms with Gasteiger partial charge < -0.3 is 10.5 Å². The molecule has 0 aromatic carbocycles. The molecule has 4 heteroatoms. The summed E-state index contributed by atoms with van der Waals surface area (Å²) in [4.78, 5) is 11.7. The van der Waals surface area contributed by atoms with E-state index in [4.69, 9.17) is 10.5 Å². The van der Waals surface area contributed by atoms with Crippen LogP contribution in [0.2, 0.25) is 0 Å². The van der Waals surface area contributed by atoms with Gasteiger partial charge >= 0.3 is 5.97 Å². The molecule has 4 atom stereocenters. The first-order valence-electron chi connectivity index (χ1n) is 6.52. The number of carbonyl (C=O) groups excluding carboxylic acids is 1. The van der Waals surface area contributed by atoms with Crippen LogP contribution in [0, 0.1) is 17.8 Å². The van der Waals surface area contributed by atoms with Crippen molar-refractivity contribution in [3.8, 4) is 0 Å². The molecule has 1 aliphatic carbocycles. The largest absolute Gasteiger partial charge is 0.461 e. The molecule has 100 valence electrons. The molecule has 1 saturated carbocycles. The fraction of sp³-hybridized carbons (Fsp3) is 0.923. The highest BCUT2D eigenvalue weighted by molar-refractivity contribution is 7.80. The van der Waals surface area contributed by atoms with Crippen molar-refractivity contribution in [3.63, 3.8) is 0 Å². The molecule has 0 heterocycles. The fourth-order valence-corrected chi connectivity index (χ4v) is 2.71. The number of hydrogen-bond acceptors (Lipinski definition) is 4. The van der Waals surface area contributed by atoms with Gasteiger partial charge in [0.05, 0.1) is 0 Å². The van der Waals surface area contributed by atoms with Gasteiger partial charge in [-0.25, -0.2) is 0 Å². The summed E-state index contributed by atoms with van der Waals surface area (Å²) in [6, 6.07) is -0.594. The molecule has 0 aliphatic heterocycles. The second-order valence-electron chi connectivity index (χ2n) is 5.59. The Morgan fingerprint density at radius 2 is 2.12 bits per heavy atom. The van der Waals surface area contributed by atoms with Crippen LogP contribution in [0.4, 0.5) is 0 Å². The van der Waals surface area contributed by atoms with Crippen LogP contribution in [-0.2, 0) is 9.53 Å². The van der Waals surface area contributed by atoms with E-state index in [1.807, 2.05) is 0 Å². The number of nitrogens with two attached hydrogens (primary N) is 1. The van der Waals surface area contributed by atoms with Crippen molar-refractivity contribution >= 4 is 18.6 Å². The van der Waals surface area contributed by atoms with E-state index in [2.05, 4.69) is 33.4 Å². The standard InChI is InChI=1S/C13H25NO2S/c1-8(2)10-5-4-9(3)6-12(10)16-13(15)11(14)7-17/h8-12,17H,4-7,14H2,1-3H3. The van der Waals surface area contributed by atoms with Gasteiger partial charge in [-0.15, -0.1) is 0 Å². The summed E-state index contributed by atoms with van der Waals surface area (Å²) < 4.78 is 5.58. The van der Waals surface area contributed by atoms with Gasteiger partial charge in [-0.05, 0) is 30.6 Å². The van der Waals surface area contributed by atoms with Crippen molar-refractivity contribution in [1.82, 2.24) is 0 Å². The van der Waals surface area contributed by atoms with Crippen LogP contribution >= 0.6 is 12.6 Å². The Hall–Kier alpha value is -0.220. The SMILES string of the molecule is CC1CCC(C(C)C)C(OC(=O)C(N)CS)C1. The molecule has 1 rings (SSSR count). The third-order valence-electron chi connectivity index (χ3n) is 3.73. The van der Waals surface area contributed by atoms with Gasteiger partial charge in [-0.1, -0.05) is 27.2 Å². The van der Waals surface area contributed by atoms with Gasteiger partial charge in [0.2, 0.25) is 0 Å². The van der Waals surface area contributed by atoms with E-state index in [0.29, 0.717) is 23.5 Å². The molecule has 0 amide bonds. The van der Waals surface area contributed by atoms with Crippen LogP contribution in [0.5, 0.6) is 0 Å². The highest BCUT2D eigenvalue weighted by Crippen LogP contribution is 2.35. The quantitative estimate of drug-likeness (QED) is 0.601. The van der Waals surface area contributed by atoms with E-state index in [1.54, 1.807) is 0 Å². The molecule has 0 aromatic heterocycles. The molecule has 0 spiro atoms. The average Bonchev–Trinajstić information content (AvgIpc) is 2.27. The monoisotopic (exact) mass is 259 g/mol. The van der Waals surface area contributed by atoms with Gasteiger partial charge in [0, 0.05) is 5.75 Å². The third kappa shape index (κ3) is 4.18. The van der Waals surface area contributed by atoms with Crippen LogP contribution in [0.15, 0.2) is 0 Å². The number of rotatable bonds is 4. The van der Waals surface area contributed by atoms with Crippen LogP contribution in [0.1, 0.15) is 40.0 Å². The second kappa shape index (κ2) is 6.64. The fourth-order valence-electron chi connectivity index (χ4n) is 2.56. The number of carbonyl (C=O) groups is 1. The summed E-state index contributed by atoms with van der Waals surface area (Å²) in [5.74, 6) is 1.70. The van der Waals surface area contributed by atoms with E-state index in [-0.39, 0.29) is 12.1 Å². The normalized spacial score (nSPS) is 31.3. The third-order valence-corrected chi connectivity index (χ3v) is 4.12. The first kappa shape index (κ1) is 14.8. The average molecular weight is 259 g/mol. The van der Waals surface area contributed by atoms with Crippen molar-refractivity contribution in [2.75, 3.05) is 5.75 Å². The molecule has 3 nitrogen and oxygen atoms in total. The number of ether oxygens (including phenoxy) is 1. The topological polar surface area (TPSA) is 52.3 Å². The zero-order chi connectivity index (χ0) is 13.0. The molecule has 0 aromatic rings. The Bertz CT molecular complexity index is 258. The summed E-state index contributed by atoms with van der Waals surface area (Å²) in [6.45, 7) is 6.61. The Kier molecular flexibility index (Phi) is 5.80. The van der Waals surface area contributed by atoms with Crippen molar-refractivity contribution in [2.45, 2.75) is 52.2 Å². The molecule has 1 fully saturated rings. The molecule has 2 N–H and O–H groups in total. The molecular weight excluding hydrogens is 234 g/mol. The van der Waals surface area contributed by atoms with Crippen LogP contribution in [0.25, 0.3) is 0 Å². The zero-order valence-corrected chi connectivity index (χ0v) is 12.0. The summed E-state index contributed by atoms with van der Waals surface area (Å²) in [7, 11) is 0. The lowest BCUT2D eigenvalue weighted by atomic mass is 9.75. The lowest BCUT2D eigenvalue weighted by Crippen LogP contribution is -2.41.